The maximum absolute atomic E-state index is 5.98. The molecule has 0 radical (unpaired) electrons. The van der Waals surface area contributed by atoms with Crippen molar-refractivity contribution in [2.45, 2.75) is 31.7 Å². The third kappa shape index (κ3) is 3.02. The van der Waals surface area contributed by atoms with Gasteiger partial charge in [0.25, 0.3) is 0 Å². The second-order valence-electron chi connectivity index (χ2n) is 5.16. The first-order chi connectivity index (χ1) is 10.3. The van der Waals surface area contributed by atoms with Crippen LogP contribution >= 0.6 is 0 Å². The van der Waals surface area contributed by atoms with Crippen molar-refractivity contribution in [1.82, 2.24) is 9.97 Å². The zero-order valence-corrected chi connectivity index (χ0v) is 12.2. The lowest BCUT2D eigenvalue weighted by Crippen LogP contribution is -2.27. The number of fused-ring (bicyclic) bond motifs is 1. The van der Waals surface area contributed by atoms with Gasteiger partial charge in [0.05, 0.1) is 12.5 Å². The molecule has 2 aromatic heterocycles. The van der Waals surface area contributed by atoms with Gasteiger partial charge >= 0.3 is 0 Å². The summed E-state index contributed by atoms with van der Waals surface area (Å²) in [5, 5.41) is 0.932. The minimum Gasteiger partial charge on any atom is -0.496 e. The summed E-state index contributed by atoms with van der Waals surface area (Å²) in [4.78, 5) is 7.57. The summed E-state index contributed by atoms with van der Waals surface area (Å²) in [7, 11) is 1.65. The summed E-state index contributed by atoms with van der Waals surface area (Å²) < 4.78 is 16.9. The lowest BCUT2D eigenvalue weighted by atomic mass is 10.2. The van der Waals surface area contributed by atoms with E-state index < -0.39 is 0 Å². The Balaban J connectivity index is 1.82. The van der Waals surface area contributed by atoms with E-state index in [1.165, 1.54) is 0 Å². The standard InChI is InChI=1S/C15H21N3O3/c1-19-12-5-6-17-15-10(12)8-11(18-15)13(9-16)21-14-4-2-3-7-20-14/h5-6,8,13-14H,2-4,7,9,16H2,1H3,(H,17,18)/t13-,14-/m0/s1. The predicted octanol–water partition coefficient (Wildman–Crippen LogP) is 2.11. The summed E-state index contributed by atoms with van der Waals surface area (Å²) in [5.74, 6) is 0.784. The van der Waals surface area contributed by atoms with Crippen LogP contribution in [0.15, 0.2) is 18.3 Å². The van der Waals surface area contributed by atoms with Crippen molar-refractivity contribution < 1.29 is 14.2 Å². The highest BCUT2D eigenvalue weighted by Gasteiger charge is 2.22. The van der Waals surface area contributed by atoms with Crippen molar-refractivity contribution in [3.8, 4) is 5.75 Å². The molecule has 6 heteroatoms. The lowest BCUT2D eigenvalue weighted by Gasteiger charge is -2.26. The Labute approximate surface area is 123 Å². The third-order valence-electron chi connectivity index (χ3n) is 3.75. The van der Waals surface area contributed by atoms with E-state index in [1.54, 1.807) is 13.3 Å². The van der Waals surface area contributed by atoms with Crippen LogP contribution in [0.4, 0.5) is 0 Å². The van der Waals surface area contributed by atoms with Crippen LogP contribution in [0.2, 0.25) is 0 Å². The zero-order chi connectivity index (χ0) is 14.7. The van der Waals surface area contributed by atoms with Crippen molar-refractivity contribution in [2.24, 2.45) is 5.73 Å². The molecule has 0 aliphatic carbocycles. The Morgan fingerprint density at radius 2 is 2.43 bits per heavy atom. The summed E-state index contributed by atoms with van der Waals surface area (Å²) in [5.41, 5.74) is 7.54. The molecule has 0 bridgehead atoms. The number of ether oxygens (including phenoxy) is 3. The van der Waals surface area contributed by atoms with Gasteiger partial charge in [-0.05, 0) is 31.4 Å². The van der Waals surface area contributed by atoms with Crippen LogP contribution in [0.25, 0.3) is 11.0 Å². The maximum Gasteiger partial charge on any atom is 0.158 e. The van der Waals surface area contributed by atoms with Gasteiger partial charge in [0.2, 0.25) is 0 Å². The summed E-state index contributed by atoms with van der Waals surface area (Å²) >= 11 is 0. The van der Waals surface area contributed by atoms with Gasteiger partial charge in [-0.15, -0.1) is 0 Å². The van der Waals surface area contributed by atoms with Crippen molar-refractivity contribution in [1.29, 1.82) is 0 Å². The van der Waals surface area contributed by atoms with Gasteiger partial charge < -0.3 is 24.9 Å². The monoisotopic (exact) mass is 291 g/mol. The maximum atomic E-state index is 5.98. The molecule has 3 heterocycles. The van der Waals surface area contributed by atoms with Gasteiger partial charge in [-0.25, -0.2) is 4.98 Å². The van der Waals surface area contributed by atoms with E-state index in [9.17, 15) is 0 Å². The first-order valence-electron chi connectivity index (χ1n) is 7.30. The molecule has 2 atom stereocenters. The molecule has 0 amide bonds. The normalized spacial score (nSPS) is 20.6. The molecule has 0 unspecified atom stereocenters. The Morgan fingerprint density at radius 3 is 3.14 bits per heavy atom. The molecule has 0 spiro atoms. The number of nitrogens with two attached hydrogens (primary N) is 1. The molecule has 1 aliphatic rings. The smallest absolute Gasteiger partial charge is 0.158 e. The molecular formula is C15H21N3O3. The number of aromatic amines is 1. The number of H-pyrrole nitrogens is 1. The SMILES string of the molecule is COc1ccnc2[nH]c([C@H](CN)O[C@H]3CCCCO3)cc12. The molecule has 3 rings (SSSR count). The van der Waals surface area contributed by atoms with Crippen LogP contribution in [-0.4, -0.2) is 36.5 Å². The van der Waals surface area contributed by atoms with Crippen LogP contribution in [0.1, 0.15) is 31.1 Å². The Bertz CT molecular complexity index is 593. The summed E-state index contributed by atoms with van der Waals surface area (Å²) in [6.45, 7) is 1.14. The number of pyridine rings is 1. The van der Waals surface area contributed by atoms with E-state index in [0.717, 1.165) is 48.3 Å². The van der Waals surface area contributed by atoms with E-state index in [2.05, 4.69) is 9.97 Å². The van der Waals surface area contributed by atoms with Crippen molar-refractivity contribution in [3.63, 3.8) is 0 Å². The highest BCUT2D eigenvalue weighted by atomic mass is 16.7. The number of hydrogen-bond acceptors (Lipinski definition) is 5. The van der Waals surface area contributed by atoms with E-state index in [1.807, 2.05) is 12.1 Å². The Kier molecular flexibility index (Phi) is 4.38. The van der Waals surface area contributed by atoms with Crippen LogP contribution in [0, 0.1) is 0 Å². The second kappa shape index (κ2) is 6.43. The molecule has 0 saturated carbocycles. The fourth-order valence-electron chi connectivity index (χ4n) is 2.63. The molecule has 114 valence electrons. The van der Waals surface area contributed by atoms with E-state index in [-0.39, 0.29) is 12.4 Å². The number of nitrogens with zero attached hydrogens (tertiary/aromatic N) is 1. The number of nitrogens with one attached hydrogen (secondary N) is 1. The fourth-order valence-corrected chi connectivity index (χ4v) is 2.63. The number of methoxy groups -OCH3 is 1. The predicted molar refractivity (Wildman–Crippen MR) is 79.1 cm³/mol. The van der Waals surface area contributed by atoms with Crippen LogP contribution in [0.3, 0.4) is 0 Å². The molecule has 1 saturated heterocycles. The number of hydrogen-bond donors (Lipinski definition) is 2. The quantitative estimate of drug-likeness (QED) is 0.881. The van der Waals surface area contributed by atoms with Gasteiger partial charge in [0, 0.05) is 25.0 Å². The molecule has 1 fully saturated rings. The van der Waals surface area contributed by atoms with Crippen LogP contribution < -0.4 is 10.5 Å². The first kappa shape index (κ1) is 14.3. The van der Waals surface area contributed by atoms with E-state index >= 15 is 0 Å². The minimum atomic E-state index is -0.230. The number of aromatic nitrogens is 2. The summed E-state index contributed by atoms with van der Waals surface area (Å²) in [6, 6.07) is 3.82. The molecule has 6 nitrogen and oxygen atoms in total. The molecule has 1 aliphatic heterocycles. The second-order valence-corrected chi connectivity index (χ2v) is 5.16. The van der Waals surface area contributed by atoms with Gasteiger partial charge in [0.15, 0.2) is 6.29 Å². The Hall–Kier alpha value is -1.63. The van der Waals surface area contributed by atoms with Gasteiger partial charge in [0.1, 0.15) is 17.5 Å². The average molecular weight is 291 g/mol. The molecule has 3 N–H and O–H groups in total. The van der Waals surface area contributed by atoms with E-state index in [4.69, 9.17) is 19.9 Å². The topological polar surface area (TPSA) is 82.4 Å². The zero-order valence-electron chi connectivity index (χ0n) is 12.2. The van der Waals surface area contributed by atoms with Crippen molar-refractivity contribution >= 4 is 11.0 Å². The van der Waals surface area contributed by atoms with Crippen LogP contribution in [0.5, 0.6) is 5.75 Å². The largest absolute Gasteiger partial charge is 0.496 e. The molecule has 2 aromatic rings. The average Bonchev–Trinajstić information content (AvgIpc) is 2.97. The van der Waals surface area contributed by atoms with Gasteiger partial charge in [-0.1, -0.05) is 0 Å². The van der Waals surface area contributed by atoms with Gasteiger partial charge in [-0.2, -0.15) is 0 Å². The van der Waals surface area contributed by atoms with Crippen molar-refractivity contribution in [2.75, 3.05) is 20.3 Å². The highest BCUT2D eigenvalue weighted by Crippen LogP contribution is 2.29. The molecular weight excluding hydrogens is 270 g/mol. The van der Waals surface area contributed by atoms with Crippen LogP contribution in [-0.2, 0) is 9.47 Å². The third-order valence-corrected chi connectivity index (χ3v) is 3.75. The van der Waals surface area contributed by atoms with Gasteiger partial charge in [-0.3, -0.25) is 0 Å². The lowest BCUT2D eigenvalue weighted by molar-refractivity contribution is -0.188. The highest BCUT2D eigenvalue weighted by molar-refractivity contribution is 5.83. The molecule has 21 heavy (non-hydrogen) atoms. The first-order valence-corrected chi connectivity index (χ1v) is 7.30. The fraction of sp³-hybridized carbons (Fsp3) is 0.533. The number of rotatable bonds is 5. The Morgan fingerprint density at radius 1 is 1.52 bits per heavy atom. The van der Waals surface area contributed by atoms with E-state index in [0.29, 0.717) is 6.54 Å². The van der Waals surface area contributed by atoms with Crippen molar-refractivity contribution in [3.05, 3.63) is 24.0 Å². The minimum absolute atomic E-state index is 0.173. The summed E-state index contributed by atoms with van der Waals surface area (Å²) in [6.07, 6.45) is 4.45. The molecule has 0 aromatic carbocycles.